The van der Waals surface area contributed by atoms with Crippen molar-refractivity contribution >= 4 is 72.5 Å². The maximum atomic E-state index is 2.25. The molecule has 1 aliphatic rings. The van der Waals surface area contributed by atoms with Gasteiger partial charge in [-0.25, -0.2) is 0 Å². The van der Waals surface area contributed by atoms with Gasteiger partial charge in [-0.15, -0.1) is 0 Å². The monoisotopic (exact) mass is 396 g/mol. The molecule has 1 saturated heterocycles. The quantitative estimate of drug-likeness (QED) is 0.576. The van der Waals surface area contributed by atoms with Crippen molar-refractivity contribution in [3.8, 4) is 0 Å². The zero-order valence-electron chi connectivity index (χ0n) is 4.05. The van der Waals surface area contributed by atoms with E-state index in [0.717, 1.165) is 0 Å². The van der Waals surface area contributed by atoms with Gasteiger partial charge in [-0.05, 0) is 0 Å². The van der Waals surface area contributed by atoms with Crippen LogP contribution in [-0.2, 0) is 0 Å². The molecule has 44 valence electrons. The number of rotatable bonds is 0. The van der Waals surface area contributed by atoms with Crippen LogP contribution in [0.2, 0.25) is 0 Å². The van der Waals surface area contributed by atoms with E-state index in [9.17, 15) is 0 Å². The van der Waals surface area contributed by atoms with Crippen molar-refractivity contribution in [2.24, 2.45) is 0 Å². The average molecular weight is 394 g/mol. The fraction of sp³-hybridized carbons (Fsp3) is 1.00. The molecule has 1 rings (SSSR count). The summed E-state index contributed by atoms with van der Waals surface area (Å²) in [6.45, 7) is 0. The van der Waals surface area contributed by atoms with Crippen LogP contribution in [0.15, 0.2) is 0 Å². The zero-order chi connectivity index (χ0) is 5.66. The third-order valence-electron chi connectivity index (χ3n) is 0.471. The summed E-state index contributed by atoms with van der Waals surface area (Å²) < 4.78 is 0. The van der Waals surface area contributed by atoms with Crippen molar-refractivity contribution in [2.45, 2.75) is 0 Å². The van der Waals surface area contributed by atoms with Gasteiger partial charge in [-0.2, -0.15) is 0 Å². The number of hydrogen-bond donors (Lipinski definition) is 0. The summed E-state index contributed by atoms with van der Waals surface area (Å²) in [7, 11) is 9.02. The van der Waals surface area contributed by atoms with Crippen molar-refractivity contribution in [3.63, 3.8) is 0 Å². The average Bonchev–Trinajstić information content (AvgIpc) is 1.62. The Bertz CT molecular complexity index is 36.0. The Labute approximate surface area is 81.1 Å². The molecule has 0 aliphatic carbocycles. The molecular formula is C2H4S4Sn2. The minimum atomic E-state index is 0.0356. The summed E-state index contributed by atoms with van der Waals surface area (Å²) in [4.78, 5) is 0. The van der Waals surface area contributed by atoms with Gasteiger partial charge >= 0.3 is 82.7 Å². The molecule has 6 heteroatoms. The van der Waals surface area contributed by atoms with Gasteiger partial charge in [-0.3, -0.25) is 0 Å². The van der Waals surface area contributed by atoms with E-state index >= 15 is 0 Å². The second-order valence-corrected chi connectivity index (χ2v) is 23.8. The van der Waals surface area contributed by atoms with E-state index in [4.69, 9.17) is 0 Å². The molecule has 0 aromatic heterocycles. The van der Waals surface area contributed by atoms with Crippen molar-refractivity contribution < 1.29 is 0 Å². The van der Waals surface area contributed by atoms with Gasteiger partial charge in [0, 0.05) is 0 Å². The predicted octanol–water partition coefficient (Wildman–Crippen LogP) is 1.92. The summed E-state index contributed by atoms with van der Waals surface area (Å²) in [6.07, 6.45) is 0. The Morgan fingerprint density at radius 1 is 0.750 bits per heavy atom. The van der Waals surface area contributed by atoms with Crippen LogP contribution < -0.4 is 0 Å². The molecule has 0 aromatic carbocycles. The molecule has 0 unspecified atom stereocenters. The van der Waals surface area contributed by atoms with Crippen LogP contribution in [0.1, 0.15) is 0 Å². The summed E-state index contributed by atoms with van der Waals surface area (Å²) in [5.41, 5.74) is 0. The molecule has 4 radical (unpaired) electrons. The van der Waals surface area contributed by atoms with Crippen LogP contribution in [0, 0.1) is 0 Å². The van der Waals surface area contributed by atoms with E-state index in [1.54, 1.807) is 0 Å². The number of hydrogen-bond acceptors (Lipinski definition) is 4. The van der Waals surface area contributed by atoms with Crippen molar-refractivity contribution in [1.82, 2.24) is 0 Å². The molecule has 0 bridgehead atoms. The molecule has 0 aromatic rings. The molecule has 0 N–H and O–H groups in total. The van der Waals surface area contributed by atoms with Gasteiger partial charge < -0.3 is 0 Å². The first kappa shape index (κ1) is 9.09. The molecule has 8 heavy (non-hydrogen) atoms. The van der Waals surface area contributed by atoms with Crippen LogP contribution in [0.3, 0.4) is 0 Å². The van der Waals surface area contributed by atoms with E-state index < -0.39 is 0 Å². The summed E-state index contributed by atoms with van der Waals surface area (Å²) in [6, 6.07) is 0. The van der Waals surface area contributed by atoms with Gasteiger partial charge in [0.15, 0.2) is 0 Å². The molecule has 1 heterocycles. The van der Waals surface area contributed by atoms with E-state index in [-0.39, 0.29) is 36.8 Å². The predicted molar refractivity (Wildman–Crippen MR) is 51.6 cm³/mol. The van der Waals surface area contributed by atoms with Crippen LogP contribution >= 0.6 is 35.8 Å². The topological polar surface area (TPSA) is 0 Å². The van der Waals surface area contributed by atoms with Crippen molar-refractivity contribution in [2.75, 3.05) is 10.2 Å². The van der Waals surface area contributed by atoms with Crippen LogP contribution in [0.5, 0.6) is 0 Å². The molecule has 0 atom stereocenters. The van der Waals surface area contributed by atoms with Crippen molar-refractivity contribution in [3.05, 3.63) is 0 Å². The molecule has 1 aliphatic heterocycles. The molecule has 0 nitrogen and oxygen atoms in total. The third-order valence-corrected chi connectivity index (χ3v) is 28.5. The van der Waals surface area contributed by atoms with E-state index in [1.165, 1.54) is 10.2 Å². The molecular weight excluding hydrogens is 390 g/mol. The van der Waals surface area contributed by atoms with E-state index in [2.05, 4.69) is 35.8 Å². The Balaban J connectivity index is 2.00. The Morgan fingerprint density at radius 3 is 1.50 bits per heavy atom. The van der Waals surface area contributed by atoms with Gasteiger partial charge in [-0.1, -0.05) is 0 Å². The summed E-state index contributed by atoms with van der Waals surface area (Å²) >= 11 is 0.0711. The van der Waals surface area contributed by atoms with E-state index in [1.807, 2.05) is 0 Å². The SMILES string of the molecule is C1[S][Sn][S]C[S][Sn][S]1. The standard InChI is InChI=1S/2CH4S2.2Sn/c2*2-1-3;;/h2*2-3H,1H2;;/q;;2*+2/p-4. The Morgan fingerprint density at radius 2 is 1.12 bits per heavy atom. The van der Waals surface area contributed by atoms with Crippen LogP contribution in [-0.4, -0.2) is 46.9 Å². The zero-order valence-corrected chi connectivity index (χ0v) is 13.0. The second-order valence-electron chi connectivity index (χ2n) is 0.980. The minimum absolute atomic E-state index is 0.0356. The second kappa shape index (κ2) is 6.69. The maximum absolute atomic E-state index is 2.25. The van der Waals surface area contributed by atoms with Gasteiger partial charge in [0.05, 0.1) is 0 Å². The van der Waals surface area contributed by atoms with Crippen LogP contribution in [0.25, 0.3) is 0 Å². The van der Waals surface area contributed by atoms with Gasteiger partial charge in [0.2, 0.25) is 0 Å². The first-order valence-electron chi connectivity index (χ1n) is 1.97. The normalized spacial score (nSPS) is 24.0. The third kappa shape index (κ3) is 4.76. The molecule has 0 amide bonds. The summed E-state index contributed by atoms with van der Waals surface area (Å²) in [5, 5.41) is 2.89. The fourth-order valence-corrected chi connectivity index (χ4v) is 46.3. The Kier molecular flexibility index (Phi) is 7.60. The van der Waals surface area contributed by atoms with Crippen molar-refractivity contribution in [1.29, 1.82) is 0 Å². The first-order valence-corrected chi connectivity index (χ1v) is 19.9. The molecule has 1 fully saturated rings. The van der Waals surface area contributed by atoms with Crippen LogP contribution in [0.4, 0.5) is 0 Å². The first-order chi connectivity index (χ1) is 4.00. The molecule has 0 spiro atoms. The van der Waals surface area contributed by atoms with Gasteiger partial charge in [0.1, 0.15) is 0 Å². The summed E-state index contributed by atoms with van der Waals surface area (Å²) in [5.74, 6) is 0. The van der Waals surface area contributed by atoms with Gasteiger partial charge in [0.25, 0.3) is 0 Å². The Hall–Kier alpha value is 3.00. The molecule has 0 saturated carbocycles. The fourth-order valence-electron chi connectivity index (χ4n) is 0.238. The van der Waals surface area contributed by atoms with E-state index in [0.29, 0.717) is 0 Å².